The fourth-order valence-electron chi connectivity index (χ4n) is 1.86. The van der Waals surface area contributed by atoms with Crippen LogP contribution < -0.4 is 0 Å². The van der Waals surface area contributed by atoms with Crippen LogP contribution in [0.4, 0.5) is 0 Å². The smallest absolute Gasteiger partial charge is 0.0628 e. The van der Waals surface area contributed by atoms with Crippen LogP contribution in [0.3, 0.4) is 0 Å². The topological polar surface area (TPSA) is 12.9 Å². The number of aromatic nitrogens is 1. The van der Waals surface area contributed by atoms with E-state index in [1.807, 2.05) is 18.2 Å². The van der Waals surface area contributed by atoms with Crippen molar-refractivity contribution in [2.75, 3.05) is 0 Å². The maximum atomic E-state index is 6.48. The van der Waals surface area contributed by atoms with E-state index in [2.05, 4.69) is 33.9 Å². The molecule has 4 heteroatoms. The number of nitrogens with zero attached hydrogens (tertiary/aromatic N) is 1. The molecule has 1 heterocycles. The molecule has 1 nitrogen and oxygen atoms in total. The molecule has 0 radical (unpaired) electrons. The van der Waals surface area contributed by atoms with E-state index in [0.29, 0.717) is 11.4 Å². The first-order valence-electron chi connectivity index (χ1n) is 5.56. The molecule has 0 aliphatic carbocycles. The van der Waals surface area contributed by atoms with Crippen LogP contribution in [0.2, 0.25) is 5.02 Å². The zero-order valence-corrected chi connectivity index (χ0v) is 12.9. The summed E-state index contributed by atoms with van der Waals surface area (Å²) in [5.41, 5.74) is 3.33. The van der Waals surface area contributed by atoms with Gasteiger partial charge in [0.1, 0.15) is 0 Å². The summed E-state index contributed by atoms with van der Waals surface area (Å²) < 4.78 is 1.06. The summed E-state index contributed by atoms with van der Waals surface area (Å²) >= 11 is 16.0. The normalized spacial score (nSPS) is 12.4. The molecule has 1 atom stereocenters. The monoisotopic (exact) mass is 343 g/mol. The first-order chi connectivity index (χ1) is 8.58. The van der Waals surface area contributed by atoms with Crippen LogP contribution in [-0.2, 0) is 6.42 Å². The Morgan fingerprint density at radius 3 is 2.78 bits per heavy atom. The van der Waals surface area contributed by atoms with Gasteiger partial charge in [0.2, 0.25) is 0 Å². The summed E-state index contributed by atoms with van der Waals surface area (Å²) in [5, 5.41) is 0.580. The number of benzene rings is 1. The van der Waals surface area contributed by atoms with Crippen LogP contribution in [0.1, 0.15) is 22.1 Å². The second kappa shape index (κ2) is 6.05. The number of aryl methyl sites for hydroxylation is 1. The van der Waals surface area contributed by atoms with E-state index >= 15 is 0 Å². The highest BCUT2D eigenvalue weighted by molar-refractivity contribution is 9.10. The van der Waals surface area contributed by atoms with Gasteiger partial charge in [0.05, 0.1) is 10.4 Å². The first kappa shape index (κ1) is 13.9. The quantitative estimate of drug-likeness (QED) is 0.686. The molecular formula is C14H12BrCl2N. The van der Waals surface area contributed by atoms with Gasteiger partial charge in [0.15, 0.2) is 0 Å². The molecule has 2 aromatic rings. The van der Waals surface area contributed by atoms with Gasteiger partial charge < -0.3 is 0 Å². The molecule has 0 saturated carbocycles. The van der Waals surface area contributed by atoms with Gasteiger partial charge in [-0.05, 0) is 48.2 Å². The molecule has 1 aromatic heterocycles. The van der Waals surface area contributed by atoms with Gasteiger partial charge in [0.25, 0.3) is 0 Å². The Morgan fingerprint density at radius 1 is 1.33 bits per heavy atom. The highest BCUT2D eigenvalue weighted by Gasteiger charge is 2.13. The van der Waals surface area contributed by atoms with Crippen molar-refractivity contribution in [3.8, 4) is 0 Å². The van der Waals surface area contributed by atoms with Crippen molar-refractivity contribution in [3.63, 3.8) is 0 Å². The summed E-state index contributed by atoms with van der Waals surface area (Å²) in [6.45, 7) is 2.06. The molecule has 94 valence electrons. The third-order valence-electron chi connectivity index (χ3n) is 2.82. The average molecular weight is 345 g/mol. The second-order valence-electron chi connectivity index (χ2n) is 4.14. The Balaban J connectivity index is 2.22. The zero-order chi connectivity index (χ0) is 13.1. The number of alkyl halides is 1. The van der Waals surface area contributed by atoms with Crippen molar-refractivity contribution in [1.82, 2.24) is 4.98 Å². The largest absolute Gasteiger partial charge is 0.263 e. The predicted molar refractivity (Wildman–Crippen MR) is 80.4 cm³/mol. The third kappa shape index (κ3) is 3.25. The van der Waals surface area contributed by atoms with Gasteiger partial charge in [-0.25, -0.2) is 0 Å². The molecule has 0 saturated heterocycles. The van der Waals surface area contributed by atoms with Crippen LogP contribution in [0.25, 0.3) is 0 Å². The van der Waals surface area contributed by atoms with Gasteiger partial charge in [-0.15, -0.1) is 11.6 Å². The lowest BCUT2D eigenvalue weighted by molar-refractivity contribution is 0.906. The Morgan fingerprint density at radius 2 is 2.11 bits per heavy atom. The van der Waals surface area contributed by atoms with E-state index in [4.69, 9.17) is 23.2 Å². The summed E-state index contributed by atoms with van der Waals surface area (Å²) in [7, 11) is 0. The Kier molecular flexibility index (Phi) is 4.66. The van der Waals surface area contributed by atoms with Crippen LogP contribution in [-0.4, -0.2) is 4.98 Å². The Hall–Kier alpha value is -0.570. The van der Waals surface area contributed by atoms with Crippen LogP contribution >= 0.6 is 39.1 Å². The van der Waals surface area contributed by atoms with Gasteiger partial charge >= 0.3 is 0 Å². The predicted octanol–water partition coefficient (Wildman–Crippen LogP) is 5.33. The molecule has 0 aliphatic rings. The molecule has 0 N–H and O–H groups in total. The van der Waals surface area contributed by atoms with Crippen LogP contribution in [0.15, 0.2) is 41.1 Å². The summed E-state index contributed by atoms with van der Waals surface area (Å²) in [6, 6.07) is 8.03. The average Bonchev–Trinajstić information content (AvgIpc) is 2.32. The van der Waals surface area contributed by atoms with Crippen molar-refractivity contribution < 1.29 is 0 Å². The SMILES string of the molecule is Cc1cc(Br)ccc1C(Cl)Cc1ccncc1Cl. The minimum absolute atomic E-state index is 0.0852. The van der Waals surface area contributed by atoms with Crippen molar-refractivity contribution in [2.24, 2.45) is 0 Å². The minimum Gasteiger partial charge on any atom is -0.263 e. The lowest BCUT2D eigenvalue weighted by Gasteiger charge is -2.14. The maximum absolute atomic E-state index is 6.48. The van der Waals surface area contributed by atoms with Crippen LogP contribution in [0.5, 0.6) is 0 Å². The summed E-state index contributed by atoms with van der Waals surface area (Å²) in [4.78, 5) is 3.97. The van der Waals surface area contributed by atoms with E-state index < -0.39 is 0 Å². The summed E-state index contributed by atoms with van der Waals surface area (Å²) in [6.07, 6.45) is 4.08. The van der Waals surface area contributed by atoms with Crippen molar-refractivity contribution >= 4 is 39.1 Å². The summed E-state index contributed by atoms with van der Waals surface area (Å²) in [5.74, 6) is 0. The van der Waals surface area contributed by atoms with E-state index in [-0.39, 0.29) is 5.38 Å². The zero-order valence-electron chi connectivity index (χ0n) is 9.83. The molecule has 0 amide bonds. The third-order valence-corrected chi connectivity index (χ3v) is 4.05. The first-order valence-corrected chi connectivity index (χ1v) is 7.17. The molecule has 0 bridgehead atoms. The van der Waals surface area contributed by atoms with Crippen molar-refractivity contribution in [1.29, 1.82) is 0 Å². The van der Waals surface area contributed by atoms with Crippen molar-refractivity contribution in [2.45, 2.75) is 18.7 Å². The highest BCUT2D eigenvalue weighted by atomic mass is 79.9. The molecule has 0 fully saturated rings. The van der Waals surface area contributed by atoms with E-state index in [1.165, 1.54) is 5.56 Å². The number of rotatable bonds is 3. The number of halogens is 3. The second-order valence-corrected chi connectivity index (χ2v) is 5.99. The Labute approximate surface area is 125 Å². The lowest BCUT2D eigenvalue weighted by atomic mass is 10.0. The van der Waals surface area contributed by atoms with Gasteiger partial charge in [0, 0.05) is 16.9 Å². The fourth-order valence-corrected chi connectivity index (χ4v) is 2.95. The van der Waals surface area contributed by atoms with Crippen molar-refractivity contribution in [3.05, 3.63) is 62.8 Å². The molecule has 1 unspecified atom stereocenters. The molecule has 0 aliphatic heterocycles. The van der Waals surface area contributed by atoms with E-state index in [9.17, 15) is 0 Å². The van der Waals surface area contributed by atoms with Gasteiger partial charge in [-0.3, -0.25) is 4.98 Å². The highest BCUT2D eigenvalue weighted by Crippen LogP contribution is 2.31. The van der Waals surface area contributed by atoms with E-state index in [0.717, 1.165) is 15.6 Å². The minimum atomic E-state index is -0.0852. The molecule has 1 aromatic carbocycles. The Bertz CT molecular complexity index is 557. The van der Waals surface area contributed by atoms with Gasteiger partial charge in [-0.2, -0.15) is 0 Å². The molecule has 2 rings (SSSR count). The molecular weight excluding hydrogens is 333 g/mol. The molecule has 0 spiro atoms. The number of hydrogen-bond donors (Lipinski definition) is 0. The molecule has 18 heavy (non-hydrogen) atoms. The maximum Gasteiger partial charge on any atom is 0.0628 e. The van der Waals surface area contributed by atoms with Gasteiger partial charge in [-0.1, -0.05) is 33.6 Å². The standard InChI is InChI=1S/C14H12BrCl2N/c1-9-6-11(15)2-3-12(9)13(16)7-10-4-5-18-8-14(10)17/h2-6,8,13H,7H2,1H3. The number of pyridine rings is 1. The number of hydrogen-bond acceptors (Lipinski definition) is 1. The van der Waals surface area contributed by atoms with Crippen LogP contribution in [0, 0.1) is 6.92 Å². The lowest BCUT2D eigenvalue weighted by Crippen LogP contribution is -1.99. The van der Waals surface area contributed by atoms with E-state index in [1.54, 1.807) is 12.4 Å². The fraction of sp³-hybridized carbons (Fsp3) is 0.214.